The molecule has 3 rings (SSSR count). The minimum absolute atomic E-state index is 0.382. The van der Waals surface area contributed by atoms with Crippen molar-refractivity contribution >= 4 is 17.2 Å². The van der Waals surface area contributed by atoms with Crippen molar-refractivity contribution in [3.05, 3.63) is 52.4 Å². The van der Waals surface area contributed by atoms with E-state index in [1.165, 1.54) is 4.80 Å². The van der Waals surface area contributed by atoms with Crippen molar-refractivity contribution in [1.82, 2.24) is 25.7 Å². The van der Waals surface area contributed by atoms with E-state index >= 15 is 0 Å². The second-order valence-corrected chi connectivity index (χ2v) is 5.63. The Morgan fingerprint density at radius 2 is 2.09 bits per heavy atom. The van der Waals surface area contributed by atoms with Crippen LogP contribution in [-0.2, 0) is 6.54 Å². The molecule has 0 spiro atoms. The summed E-state index contributed by atoms with van der Waals surface area (Å²) in [4.78, 5) is 13.8. The number of thiophene rings is 1. The number of rotatable bonds is 4. The van der Waals surface area contributed by atoms with E-state index in [0.29, 0.717) is 17.9 Å². The van der Waals surface area contributed by atoms with Gasteiger partial charge in [0, 0.05) is 5.56 Å². The molecule has 0 fully saturated rings. The average molecular weight is 315 g/mol. The predicted octanol–water partition coefficient (Wildman–Crippen LogP) is 1.88. The molecule has 1 aromatic carbocycles. The normalized spacial score (nSPS) is 10.6. The van der Waals surface area contributed by atoms with E-state index in [9.17, 15) is 4.79 Å². The number of amides is 1. The quantitative estimate of drug-likeness (QED) is 0.566. The van der Waals surface area contributed by atoms with E-state index in [0.717, 1.165) is 16.0 Å². The Morgan fingerprint density at radius 1 is 1.32 bits per heavy atom. The molecule has 7 nitrogen and oxygen atoms in total. The smallest absolute Gasteiger partial charge is 0.274 e. The van der Waals surface area contributed by atoms with Gasteiger partial charge >= 0.3 is 0 Å². The largest absolute Gasteiger partial charge is 0.288 e. The van der Waals surface area contributed by atoms with Crippen LogP contribution in [0.15, 0.2) is 35.7 Å². The first-order chi connectivity index (χ1) is 10.7. The van der Waals surface area contributed by atoms with Crippen LogP contribution in [0.1, 0.15) is 21.5 Å². The minimum Gasteiger partial charge on any atom is -0.288 e. The maximum Gasteiger partial charge on any atom is 0.274 e. The fraction of sp³-hybridized carbons (Fsp3) is 0.143. The Hall–Kier alpha value is -2.58. The second kappa shape index (κ2) is 6.04. The molecule has 0 unspecified atom stereocenters. The van der Waals surface area contributed by atoms with E-state index in [-0.39, 0.29) is 0 Å². The molecule has 0 aliphatic heterocycles. The van der Waals surface area contributed by atoms with Gasteiger partial charge in [0.2, 0.25) is 5.82 Å². The van der Waals surface area contributed by atoms with E-state index in [2.05, 4.69) is 15.4 Å². The number of tetrazole rings is 1. The Bertz CT molecular complexity index is 794. The van der Waals surface area contributed by atoms with E-state index in [1.54, 1.807) is 41.1 Å². The molecular weight excluding hydrogens is 302 g/mol. The molecule has 3 aromatic rings. The lowest BCUT2D eigenvalue weighted by atomic mass is 10.1. The van der Waals surface area contributed by atoms with Crippen molar-refractivity contribution in [2.24, 2.45) is 0 Å². The van der Waals surface area contributed by atoms with Gasteiger partial charge in [-0.3, -0.25) is 10.0 Å². The fourth-order valence-corrected chi connectivity index (χ4v) is 2.84. The monoisotopic (exact) mass is 315 g/mol. The highest BCUT2D eigenvalue weighted by atomic mass is 32.1. The van der Waals surface area contributed by atoms with Crippen LogP contribution in [0.25, 0.3) is 10.7 Å². The van der Waals surface area contributed by atoms with Crippen molar-refractivity contribution in [2.45, 2.75) is 13.5 Å². The number of hydrogen-bond acceptors (Lipinski definition) is 6. The summed E-state index contributed by atoms with van der Waals surface area (Å²) in [6, 6.07) is 8.84. The highest BCUT2D eigenvalue weighted by Gasteiger charge is 2.10. The van der Waals surface area contributed by atoms with Crippen molar-refractivity contribution in [3.63, 3.8) is 0 Å². The summed E-state index contributed by atoms with van der Waals surface area (Å²) in [5.41, 5.74) is 4.04. The highest BCUT2D eigenvalue weighted by Crippen LogP contribution is 2.25. The van der Waals surface area contributed by atoms with Gasteiger partial charge in [-0.25, -0.2) is 5.48 Å². The molecule has 2 N–H and O–H groups in total. The van der Waals surface area contributed by atoms with Crippen molar-refractivity contribution in [2.75, 3.05) is 0 Å². The molecule has 1 amide bonds. The van der Waals surface area contributed by atoms with Crippen LogP contribution < -0.4 is 5.48 Å². The Morgan fingerprint density at radius 3 is 2.73 bits per heavy atom. The number of hydrogen-bond donors (Lipinski definition) is 2. The van der Waals surface area contributed by atoms with Gasteiger partial charge in [-0.2, -0.15) is 4.80 Å². The third-order valence-electron chi connectivity index (χ3n) is 3.16. The summed E-state index contributed by atoms with van der Waals surface area (Å²) in [5, 5.41) is 23.1. The van der Waals surface area contributed by atoms with Crippen molar-refractivity contribution < 1.29 is 10.0 Å². The molecule has 112 valence electrons. The van der Waals surface area contributed by atoms with Crippen LogP contribution in [0.3, 0.4) is 0 Å². The minimum atomic E-state index is -0.541. The van der Waals surface area contributed by atoms with Gasteiger partial charge in [0.25, 0.3) is 5.91 Å². The zero-order valence-corrected chi connectivity index (χ0v) is 12.5. The number of carbonyl (C=O) groups excluding carboxylic acids is 1. The molecule has 22 heavy (non-hydrogen) atoms. The lowest BCUT2D eigenvalue weighted by Crippen LogP contribution is -2.18. The fourth-order valence-electron chi connectivity index (χ4n) is 1.99. The zero-order valence-electron chi connectivity index (χ0n) is 11.7. The van der Waals surface area contributed by atoms with Crippen LogP contribution in [0.5, 0.6) is 0 Å². The van der Waals surface area contributed by atoms with Crippen molar-refractivity contribution in [1.29, 1.82) is 0 Å². The number of benzene rings is 1. The Labute approximate surface area is 130 Å². The predicted molar refractivity (Wildman–Crippen MR) is 80.7 cm³/mol. The van der Waals surface area contributed by atoms with Crippen molar-refractivity contribution in [3.8, 4) is 10.7 Å². The topological polar surface area (TPSA) is 92.9 Å². The molecule has 0 aliphatic rings. The van der Waals surface area contributed by atoms with Gasteiger partial charge in [-0.15, -0.1) is 21.5 Å². The third kappa shape index (κ3) is 2.87. The zero-order chi connectivity index (χ0) is 15.5. The Balaban J connectivity index is 1.75. The summed E-state index contributed by atoms with van der Waals surface area (Å²) in [5.74, 6) is 0.0738. The number of aromatic nitrogens is 4. The molecule has 2 aromatic heterocycles. The molecule has 0 radical (unpaired) electrons. The van der Waals surface area contributed by atoms with Gasteiger partial charge in [0.15, 0.2) is 0 Å². The Kier molecular flexibility index (Phi) is 3.94. The highest BCUT2D eigenvalue weighted by molar-refractivity contribution is 7.13. The molecule has 8 heteroatoms. The summed E-state index contributed by atoms with van der Waals surface area (Å²) < 4.78 is 0. The van der Waals surface area contributed by atoms with Gasteiger partial charge in [-0.1, -0.05) is 12.1 Å². The number of aryl methyl sites for hydroxylation is 1. The van der Waals surface area contributed by atoms with Crippen LogP contribution in [0.2, 0.25) is 0 Å². The first kappa shape index (κ1) is 14.4. The van der Waals surface area contributed by atoms with Crippen LogP contribution in [0, 0.1) is 6.92 Å². The number of nitrogens with zero attached hydrogens (tertiary/aromatic N) is 4. The lowest BCUT2D eigenvalue weighted by molar-refractivity contribution is 0.0706. The van der Waals surface area contributed by atoms with Crippen LogP contribution in [0.4, 0.5) is 0 Å². The SMILES string of the molecule is Cc1ccsc1-c1nnn(Cc2ccc(C(=O)NO)cc2)n1. The van der Waals surface area contributed by atoms with E-state index in [1.807, 2.05) is 18.4 Å². The lowest BCUT2D eigenvalue weighted by Gasteiger charge is -2.02. The first-order valence-corrected chi connectivity index (χ1v) is 7.41. The maximum absolute atomic E-state index is 11.2. The van der Waals surface area contributed by atoms with Gasteiger partial charge < -0.3 is 0 Å². The molecule has 0 atom stereocenters. The summed E-state index contributed by atoms with van der Waals surface area (Å²) >= 11 is 1.58. The molecule has 0 saturated carbocycles. The van der Waals surface area contributed by atoms with E-state index < -0.39 is 5.91 Å². The van der Waals surface area contributed by atoms with Gasteiger partial charge in [-0.05, 0) is 46.8 Å². The van der Waals surface area contributed by atoms with Crippen LogP contribution in [-0.4, -0.2) is 31.3 Å². The molecule has 0 saturated heterocycles. The van der Waals surface area contributed by atoms with E-state index in [4.69, 9.17) is 5.21 Å². The summed E-state index contributed by atoms with van der Waals surface area (Å²) in [6.45, 7) is 2.47. The summed E-state index contributed by atoms with van der Waals surface area (Å²) in [6.07, 6.45) is 0. The molecular formula is C14H13N5O2S. The molecule has 2 heterocycles. The average Bonchev–Trinajstić information content (AvgIpc) is 3.16. The number of hydroxylamine groups is 1. The summed E-state index contributed by atoms with van der Waals surface area (Å²) in [7, 11) is 0. The van der Waals surface area contributed by atoms with Gasteiger partial charge in [0.05, 0.1) is 11.4 Å². The number of nitrogens with one attached hydrogen (secondary N) is 1. The first-order valence-electron chi connectivity index (χ1n) is 6.53. The standard InChI is InChI=1S/C14H13N5O2S/c1-9-6-7-22-12(9)13-15-18-19(16-13)8-10-2-4-11(5-3-10)14(20)17-21/h2-7,21H,8H2,1H3,(H,17,20). The molecule has 0 bridgehead atoms. The van der Waals surface area contributed by atoms with Gasteiger partial charge in [0.1, 0.15) is 0 Å². The number of carbonyl (C=O) groups is 1. The maximum atomic E-state index is 11.2. The molecule has 0 aliphatic carbocycles. The second-order valence-electron chi connectivity index (χ2n) is 4.71. The van der Waals surface area contributed by atoms with Crippen LogP contribution >= 0.6 is 11.3 Å². The third-order valence-corrected chi connectivity index (χ3v) is 4.17.